The number of rotatable bonds is 4. The molecule has 0 spiro atoms. The van der Waals surface area contributed by atoms with Crippen LogP contribution >= 0.6 is 32.9 Å². The van der Waals surface area contributed by atoms with Crippen molar-refractivity contribution in [1.82, 2.24) is 9.55 Å². The van der Waals surface area contributed by atoms with Gasteiger partial charge in [-0.2, -0.15) is 0 Å². The predicted octanol–water partition coefficient (Wildman–Crippen LogP) is 5.93. The SMILES string of the molecule is Br.O=C(Cn1c(-c2ccccc2)nc2ccccc21)c1ccc(Br)cc1. The van der Waals surface area contributed by atoms with Gasteiger partial charge in [0.15, 0.2) is 5.78 Å². The molecule has 5 heteroatoms. The van der Waals surface area contributed by atoms with E-state index >= 15 is 0 Å². The minimum atomic E-state index is 0. The van der Waals surface area contributed by atoms with Crippen LogP contribution in [-0.2, 0) is 6.54 Å². The number of hydrogen-bond acceptors (Lipinski definition) is 2. The van der Waals surface area contributed by atoms with Gasteiger partial charge in [-0.3, -0.25) is 4.79 Å². The summed E-state index contributed by atoms with van der Waals surface area (Å²) in [7, 11) is 0. The smallest absolute Gasteiger partial charge is 0.182 e. The number of nitrogens with zero attached hydrogens (tertiary/aromatic N) is 2. The molecule has 0 aliphatic rings. The van der Waals surface area contributed by atoms with E-state index in [-0.39, 0.29) is 29.3 Å². The maximum Gasteiger partial charge on any atom is 0.182 e. The molecular formula is C21H16Br2N2O. The molecule has 0 amide bonds. The number of para-hydroxylation sites is 2. The van der Waals surface area contributed by atoms with Crippen LogP contribution in [0.5, 0.6) is 0 Å². The minimum Gasteiger partial charge on any atom is -0.316 e. The summed E-state index contributed by atoms with van der Waals surface area (Å²) < 4.78 is 2.96. The highest BCUT2D eigenvalue weighted by atomic mass is 79.9. The quantitative estimate of drug-likeness (QED) is 0.346. The largest absolute Gasteiger partial charge is 0.316 e. The van der Waals surface area contributed by atoms with Crippen molar-refractivity contribution >= 4 is 49.7 Å². The Balaban J connectivity index is 0.00000196. The summed E-state index contributed by atoms with van der Waals surface area (Å²) >= 11 is 3.40. The molecule has 3 nitrogen and oxygen atoms in total. The predicted molar refractivity (Wildman–Crippen MR) is 114 cm³/mol. The Morgan fingerprint density at radius 1 is 0.885 bits per heavy atom. The van der Waals surface area contributed by atoms with Crippen LogP contribution in [0.2, 0.25) is 0 Å². The second kappa shape index (κ2) is 7.98. The first-order valence-electron chi connectivity index (χ1n) is 8.02. The van der Waals surface area contributed by atoms with E-state index in [0.717, 1.165) is 26.9 Å². The van der Waals surface area contributed by atoms with Gasteiger partial charge in [0.1, 0.15) is 5.82 Å². The van der Waals surface area contributed by atoms with Crippen molar-refractivity contribution in [2.75, 3.05) is 0 Å². The second-order valence-corrected chi connectivity index (χ2v) is 6.72. The van der Waals surface area contributed by atoms with Crippen LogP contribution in [0.4, 0.5) is 0 Å². The maximum absolute atomic E-state index is 12.8. The first kappa shape index (κ1) is 18.5. The summed E-state index contributed by atoms with van der Waals surface area (Å²) in [5.41, 5.74) is 3.55. The lowest BCUT2D eigenvalue weighted by molar-refractivity contribution is 0.0974. The number of benzene rings is 3. The van der Waals surface area contributed by atoms with Crippen molar-refractivity contribution in [2.45, 2.75) is 6.54 Å². The molecular weight excluding hydrogens is 456 g/mol. The standard InChI is InChI=1S/C21H15BrN2O.BrH/c22-17-12-10-15(11-13-17)20(25)14-24-19-9-5-4-8-18(19)23-21(24)16-6-2-1-3-7-16;/h1-13H,14H2;1H. The van der Waals surface area contributed by atoms with E-state index in [1.54, 1.807) is 0 Å². The monoisotopic (exact) mass is 470 g/mol. The summed E-state index contributed by atoms with van der Waals surface area (Å²) in [5, 5.41) is 0. The highest BCUT2D eigenvalue weighted by Gasteiger charge is 2.15. The zero-order chi connectivity index (χ0) is 17.2. The van der Waals surface area contributed by atoms with Crippen molar-refractivity contribution in [2.24, 2.45) is 0 Å². The van der Waals surface area contributed by atoms with Gasteiger partial charge in [0.2, 0.25) is 0 Å². The number of hydrogen-bond donors (Lipinski definition) is 0. The highest BCUT2D eigenvalue weighted by Crippen LogP contribution is 2.25. The molecule has 1 heterocycles. The lowest BCUT2D eigenvalue weighted by Gasteiger charge is -2.09. The molecule has 0 radical (unpaired) electrons. The molecule has 26 heavy (non-hydrogen) atoms. The Morgan fingerprint density at radius 2 is 1.54 bits per heavy atom. The Kier molecular flexibility index (Phi) is 5.69. The molecule has 130 valence electrons. The lowest BCUT2D eigenvalue weighted by Crippen LogP contribution is -2.11. The average molecular weight is 472 g/mol. The van der Waals surface area contributed by atoms with Gasteiger partial charge in [0.05, 0.1) is 17.6 Å². The summed E-state index contributed by atoms with van der Waals surface area (Å²) in [4.78, 5) is 17.5. The number of carbonyl (C=O) groups is 1. The molecule has 4 aromatic rings. The fourth-order valence-electron chi connectivity index (χ4n) is 2.91. The summed E-state index contributed by atoms with van der Waals surface area (Å²) in [5.74, 6) is 0.875. The molecule has 4 rings (SSSR count). The topological polar surface area (TPSA) is 34.9 Å². The molecule has 0 saturated carbocycles. The van der Waals surface area contributed by atoms with E-state index in [2.05, 4.69) is 15.9 Å². The first-order chi connectivity index (χ1) is 12.2. The van der Waals surface area contributed by atoms with E-state index in [1.807, 2.05) is 83.4 Å². The van der Waals surface area contributed by atoms with Crippen LogP contribution < -0.4 is 0 Å². The summed E-state index contributed by atoms with van der Waals surface area (Å²) in [6.45, 7) is 0.256. The van der Waals surface area contributed by atoms with E-state index in [1.165, 1.54) is 0 Å². The fourth-order valence-corrected chi connectivity index (χ4v) is 3.18. The number of Topliss-reactive ketones (excluding diaryl/α,β-unsaturated/α-hetero) is 1. The minimum absolute atomic E-state index is 0. The van der Waals surface area contributed by atoms with E-state index in [4.69, 9.17) is 4.98 Å². The van der Waals surface area contributed by atoms with Crippen LogP contribution in [0.3, 0.4) is 0 Å². The number of carbonyl (C=O) groups excluding carboxylic acids is 1. The van der Waals surface area contributed by atoms with Gasteiger partial charge in [-0.15, -0.1) is 17.0 Å². The zero-order valence-corrected chi connectivity index (χ0v) is 17.1. The van der Waals surface area contributed by atoms with E-state index in [9.17, 15) is 4.79 Å². The highest BCUT2D eigenvalue weighted by molar-refractivity contribution is 9.10. The molecule has 0 aliphatic heterocycles. The van der Waals surface area contributed by atoms with Crippen LogP contribution in [0.15, 0.2) is 83.3 Å². The van der Waals surface area contributed by atoms with Crippen LogP contribution in [-0.4, -0.2) is 15.3 Å². The average Bonchev–Trinajstić information content (AvgIpc) is 3.02. The Bertz CT molecular complexity index is 1040. The molecule has 0 bridgehead atoms. The summed E-state index contributed by atoms with van der Waals surface area (Å²) in [6, 6.07) is 25.3. The number of aromatic nitrogens is 2. The van der Waals surface area contributed by atoms with Crippen LogP contribution in [0.1, 0.15) is 10.4 Å². The van der Waals surface area contributed by atoms with Crippen molar-refractivity contribution in [3.05, 3.63) is 88.9 Å². The third-order valence-corrected chi connectivity index (χ3v) is 4.68. The Labute approximate surface area is 170 Å². The zero-order valence-electron chi connectivity index (χ0n) is 13.8. The second-order valence-electron chi connectivity index (χ2n) is 5.81. The van der Waals surface area contributed by atoms with Crippen molar-refractivity contribution in [1.29, 1.82) is 0 Å². The normalized spacial score (nSPS) is 10.5. The number of fused-ring (bicyclic) bond motifs is 1. The number of ketones is 1. The number of imidazole rings is 1. The molecule has 0 saturated heterocycles. The van der Waals surface area contributed by atoms with E-state index < -0.39 is 0 Å². The lowest BCUT2D eigenvalue weighted by atomic mass is 10.1. The molecule has 0 fully saturated rings. The molecule has 0 atom stereocenters. The van der Waals surface area contributed by atoms with Gasteiger partial charge >= 0.3 is 0 Å². The molecule has 0 N–H and O–H groups in total. The molecule has 3 aromatic carbocycles. The maximum atomic E-state index is 12.8. The third kappa shape index (κ3) is 3.64. The first-order valence-corrected chi connectivity index (χ1v) is 8.81. The molecule has 0 aliphatic carbocycles. The van der Waals surface area contributed by atoms with Gasteiger partial charge in [-0.05, 0) is 24.3 Å². The fraction of sp³-hybridized carbons (Fsp3) is 0.0476. The molecule has 0 unspecified atom stereocenters. The molecule has 1 aromatic heterocycles. The number of halogens is 2. The van der Waals surface area contributed by atoms with Gasteiger partial charge in [-0.25, -0.2) is 4.98 Å². The summed E-state index contributed by atoms with van der Waals surface area (Å²) in [6.07, 6.45) is 0. The van der Waals surface area contributed by atoms with Gasteiger partial charge < -0.3 is 4.57 Å². The van der Waals surface area contributed by atoms with Gasteiger partial charge in [-0.1, -0.05) is 70.5 Å². The van der Waals surface area contributed by atoms with Gasteiger partial charge in [0.25, 0.3) is 0 Å². The third-order valence-electron chi connectivity index (χ3n) is 4.15. The van der Waals surface area contributed by atoms with Crippen molar-refractivity contribution in [3.8, 4) is 11.4 Å². The van der Waals surface area contributed by atoms with Crippen LogP contribution in [0, 0.1) is 0 Å². The Hall–Kier alpha value is -2.24. The van der Waals surface area contributed by atoms with Crippen LogP contribution in [0.25, 0.3) is 22.4 Å². The van der Waals surface area contributed by atoms with E-state index in [0.29, 0.717) is 5.56 Å². The van der Waals surface area contributed by atoms with Crippen molar-refractivity contribution < 1.29 is 4.79 Å². The van der Waals surface area contributed by atoms with Gasteiger partial charge in [0, 0.05) is 15.6 Å². The van der Waals surface area contributed by atoms with Crippen molar-refractivity contribution in [3.63, 3.8) is 0 Å². The Morgan fingerprint density at radius 3 is 2.27 bits per heavy atom.